The van der Waals surface area contributed by atoms with E-state index in [1.807, 2.05) is 6.20 Å². The lowest BCUT2D eigenvalue weighted by atomic mass is 9.65. The van der Waals surface area contributed by atoms with E-state index in [-0.39, 0.29) is 10.8 Å². The maximum Gasteiger partial charge on any atom is 0.147 e. The molecular formula is C27H39N3O. The molecule has 168 valence electrons. The molecule has 0 spiro atoms. The van der Waals surface area contributed by atoms with E-state index in [0.29, 0.717) is 11.8 Å². The van der Waals surface area contributed by atoms with Gasteiger partial charge in [-0.15, -0.1) is 0 Å². The summed E-state index contributed by atoms with van der Waals surface area (Å²) in [5.74, 6) is 3.35. The smallest absolute Gasteiger partial charge is 0.147 e. The molecule has 1 aliphatic heterocycles. The van der Waals surface area contributed by atoms with Gasteiger partial charge in [0.15, 0.2) is 0 Å². The van der Waals surface area contributed by atoms with E-state index in [1.165, 1.54) is 43.2 Å². The zero-order chi connectivity index (χ0) is 22.1. The average Bonchev–Trinajstić information content (AvgIpc) is 3.20. The Labute approximate surface area is 188 Å². The summed E-state index contributed by atoms with van der Waals surface area (Å²) in [6.07, 6.45) is 11.5. The second-order valence-corrected chi connectivity index (χ2v) is 11.5. The first kappa shape index (κ1) is 22.1. The molecule has 4 nitrogen and oxygen atoms in total. The monoisotopic (exact) mass is 421 g/mol. The van der Waals surface area contributed by atoms with E-state index >= 15 is 0 Å². The third-order valence-electron chi connectivity index (χ3n) is 7.26. The van der Waals surface area contributed by atoms with Crippen molar-refractivity contribution < 1.29 is 4.74 Å². The Kier molecular flexibility index (Phi) is 6.27. The van der Waals surface area contributed by atoms with Crippen LogP contribution in [0.3, 0.4) is 0 Å². The Morgan fingerprint density at radius 1 is 1.06 bits per heavy atom. The largest absolute Gasteiger partial charge is 0.493 e. The maximum absolute atomic E-state index is 6.32. The topological polar surface area (TPSA) is 38.2 Å². The van der Waals surface area contributed by atoms with Crippen molar-refractivity contribution in [3.63, 3.8) is 0 Å². The Bertz CT molecular complexity index is 872. The minimum Gasteiger partial charge on any atom is -0.493 e. The first-order valence-electron chi connectivity index (χ1n) is 12.0. The van der Waals surface area contributed by atoms with Crippen LogP contribution >= 0.6 is 0 Å². The van der Waals surface area contributed by atoms with Gasteiger partial charge in [0.2, 0.25) is 0 Å². The summed E-state index contributed by atoms with van der Waals surface area (Å²) in [5.41, 5.74) is 3.39. The van der Waals surface area contributed by atoms with E-state index in [4.69, 9.17) is 4.74 Å². The molecule has 2 aromatic rings. The number of aryl methyl sites for hydroxylation is 2. The highest BCUT2D eigenvalue weighted by atomic mass is 16.5. The molecule has 31 heavy (non-hydrogen) atoms. The van der Waals surface area contributed by atoms with Crippen LogP contribution in [0.15, 0.2) is 36.8 Å². The minimum atomic E-state index is 0.141. The standard InChI is InChI=1S/C27H39N3O/c1-26(2,3)24-18-30(25-17-28-12-13-29-25)14-11-22(24)16-27(4,5)19-31-23-10-9-20-7-6-8-21(20)15-23/h9-10,12-13,15,17,22,24H,6-8,11,14,16,18-19H2,1-5H3. The van der Waals surface area contributed by atoms with Gasteiger partial charge in [0.05, 0.1) is 12.8 Å². The highest BCUT2D eigenvalue weighted by molar-refractivity contribution is 5.38. The predicted molar refractivity (Wildman–Crippen MR) is 128 cm³/mol. The molecule has 1 fully saturated rings. The molecule has 4 rings (SSSR count). The summed E-state index contributed by atoms with van der Waals surface area (Å²) in [7, 11) is 0. The third-order valence-corrected chi connectivity index (χ3v) is 7.26. The Morgan fingerprint density at radius 3 is 2.61 bits per heavy atom. The van der Waals surface area contributed by atoms with E-state index in [2.05, 4.69) is 67.7 Å². The first-order valence-corrected chi connectivity index (χ1v) is 12.0. The lowest BCUT2D eigenvalue weighted by Crippen LogP contribution is -2.47. The third kappa shape index (κ3) is 5.39. The molecule has 2 unspecified atom stereocenters. The lowest BCUT2D eigenvalue weighted by molar-refractivity contribution is 0.0718. The van der Waals surface area contributed by atoms with Crippen molar-refractivity contribution in [3.8, 4) is 5.75 Å². The lowest BCUT2D eigenvalue weighted by Gasteiger charge is -2.47. The van der Waals surface area contributed by atoms with Crippen molar-refractivity contribution in [2.24, 2.45) is 22.7 Å². The number of hydrogen-bond acceptors (Lipinski definition) is 4. The van der Waals surface area contributed by atoms with Crippen LogP contribution in [0.5, 0.6) is 5.75 Å². The summed E-state index contributed by atoms with van der Waals surface area (Å²) >= 11 is 0. The summed E-state index contributed by atoms with van der Waals surface area (Å²) in [6.45, 7) is 14.8. The van der Waals surface area contributed by atoms with Crippen molar-refractivity contribution in [1.29, 1.82) is 0 Å². The maximum atomic E-state index is 6.32. The number of rotatable bonds is 6. The van der Waals surface area contributed by atoms with E-state index in [9.17, 15) is 0 Å². The summed E-state index contributed by atoms with van der Waals surface area (Å²) in [5, 5.41) is 0. The SMILES string of the molecule is CC(C)(COc1ccc2c(c1)CCC2)CC1CCN(c2cnccn2)CC1C(C)(C)C. The van der Waals surface area contributed by atoms with Gasteiger partial charge in [0.25, 0.3) is 0 Å². The zero-order valence-electron chi connectivity index (χ0n) is 20.0. The number of fused-ring (bicyclic) bond motifs is 1. The number of aromatic nitrogens is 2. The van der Waals surface area contributed by atoms with Crippen LogP contribution in [0.1, 0.15) is 65.0 Å². The van der Waals surface area contributed by atoms with E-state index in [1.54, 1.807) is 12.4 Å². The van der Waals surface area contributed by atoms with Crippen LogP contribution in [0, 0.1) is 22.7 Å². The normalized spacial score (nSPS) is 21.8. The molecule has 0 saturated carbocycles. The number of ether oxygens (including phenoxy) is 1. The number of hydrogen-bond donors (Lipinski definition) is 0. The van der Waals surface area contributed by atoms with Gasteiger partial charge in [-0.05, 0) is 78.0 Å². The molecular weight excluding hydrogens is 382 g/mol. The Morgan fingerprint density at radius 2 is 1.87 bits per heavy atom. The zero-order valence-corrected chi connectivity index (χ0v) is 20.0. The first-order chi connectivity index (χ1) is 14.7. The van der Waals surface area contributed by atoms with Crippen LogP contribution in [0.4, 0.5) is 5.82 Å². The molecule has 2 heterocycles. The molecule has 0 bridgehead atoms. The van der Waals surface area contributed by atoms with Crippen molar-refractivity contribution in [2.45, 2.75) is 66.7 Å². The summed E-state index contributed by atoms with van der Waals surface area (Å²) in [4.78, 5) is 11.3. The van der Waals surface area contributed by atoms with E-state index in [0.717, 1.165) is 31.3 Å². The summed E-state index contributed by atoms with van der Waals surface area (Å²) < 4.78 is 6.32. The molecule has 0 radical (unpaired) electrons. The van der Waals surface area contributed by atoms with Gasteiger partial charge in [-0.2, -0.15) is 0 Å². The van der Waals surface area contributed by atoms with Crippen LogP contribution in [0.25, 0.3) is 0 Å². The molecule has 1 aliphatic carbocycles. The number of nitrogens with zero attached hydrogens (tertiary/aromatic N) is 3. The van der Waals surface area contributed by atoms with Crippen molar-refractivity contribution in [1.82, 2.24) is 9.97 Å². The molecule has 1 saturated heterocycles. The highest BCUT2D eigenvalue weighted by Crippen LogP contribution is 2.43. The Balaban J connectivity index is 1.40. The fourth-order valence-electron chi connectivity index (χ4n) is 5.57. The van der Waals surface area contributed by atoms with Crippen LogP contribution < -0.4 is 9.64 Å². The van der Waals surface area contributed by atoms with Gasteiger partial charge in [0.1, 0.15) is 11.6 Å². The van der Waals surface area contributed by atoms with Gasteiger partial charge in [-0.1, -0.05) is 40.7 Å². The predicted octanol–water partition coefficient (Wildman–Crippen LogP) is 5.95. The fraction of sp³-hybridized carbons (Fsp3) is 0.630. The van der Waals surface area contributed by atoms with Gasteiger partial charge in [0, 0.05) is 25.5 Å². The number of piperidine rings is 1. The quantitative estimate of drug-likeness (QED) is 0.578. The van der Waals surface area contributed by atoms with Gasteiger partial charge < -0.3 is 9.64 Å². The van der Waals surface area contributed by atoms with Crippen LogP contribution in [-0.2, 0) is 12.8 Å². The molecule has 0 amide bonds. The van der Waals surface area contributed by atoms with Gasteiger partial charge in [-0.3, -0.25) is 4.98 Å². The fourth-order valence-corrected chi connectivity index (χ4v) is 5.57. The summed E-state index contributed by atoms with van der Waals surface area (Å²) in [6, 6.07) is 6.70. The molecule has 0 N–H and O–H groups in total. The minimum absolute atomic E-state index is 0.141. The average molecular weight is 422 g/mol. The van der Waals surface area contributed by atoms with Crippen molar-refractivity contribution in [3.05, 3.63) is 47.9 Å². The van der Waals surface area contributed by atoms with Crippen molar-refractivity contribution >= 4 is 5.82 Å². The second kappa shape index (κ2) is 8.80. The highest BCUT2D eigenvalue weighted by Gasteiger charge is 2.40. The van der Waals surface area contributed by atoms with Crippen molar-refractivity contribution in [2.75, 3.05) is 24.6 Å². The van der Waals surface area contributed by atoms with E-state index < -0.39 is 0 Å². The van der Waals surface area contributed by atoms with Gasteiger partial charge in [-0.25, -0.2) is 4.98 Å². The second-order valence-electron chi connectivity index (χ2n) is 11.5. The molecule has 4 heteroatoms. The van der Waals surface area contributed by atoms with Crippen LogP contribution in [-0.4, -0.2) is 29.7 Å². The molecule has 2 aliphatic rings. The molecule has 1 aromatic heterocycles. The molecule has 2 atom stereocenters. The number of anilines is 1. The van der Waals surface area contributed by atoms with Gasteiger partial charge >= 0.3 is 0 Å². The Hall–Kier alpha value is -2.10. The molecule has 1 aromatic carbocycles. The number of benzene rings is 1. The van der Waals surface area contributed by atoms with Crippen LogP contribution in [0.2, 0.25) is 0 Å².